The first kappa shape index (κ1) is 16.2. The highest BCUT2D eigenvalue weighted by atomic mass is 35.5. The lowest BCUT2D eigenvalue weighted by Crippen LogP contribution is -1.97. The highest BCUT2D eigenvalue weighted by Crippen LogP contribution is 2.44. The third-order valence-corrected chi connectivity index (χ3v) is 5.86. The first-order chi connectivity index (χ1) is 12.2. The molecule has 0 aliphatic heterocycles. The quantitative estimate of drug-likeness (QED) is 0.424. The zero-order valence-corrected chi connectivity index (χ0v) is 15.3. The van der Waals surface area contributed by atoms with Crippen LogP contribution in [0, 0.1) is 6.92 Å². The molecule has 0 saturated carbocycles. The SMILES string of the molecule is Cc1ccc(SC(c2ccccc2Cl)c2c[nH]c3ncccc23)cc1. The first-order valence-electron chi connectivity index (χ1n) is 8.12. The Hall–Kier alpha value is -2.23. The second kappa shape index (κ2) is 6.95. The average Bonchev–Trinajstić information content (AvgIpc) is 3.06. The Balaban J connectivity index is 1.83. The Morgan fingerprint density at radius 1 is 0.960 bits per heavy atom. The molecule has 1 N–H and O–H groups in total. The van der Waals surface area contributed by atoms with Crippen LogP contribution in [0.2, 0.25) is 5.02 Å². The van der Waals surface area contributed by atoms with E-state index in [-0.39, 0.29) is 5.25 Å². The van der Waals surface area contributed by atoms with E-state index >= 15 is 0 Å². The summed E-state index contributed by atoms with van der Waals surface area (Å²) < 4.78 is 0. The lowest BCUT2D eigenvalue weighted by atomic mass is 10.0. The van der Waals surface area contributed by atoms with Crippen molar-refractivity contribution < 1.29 is 0 Å². The summed E-state index contributed by atoms with van der Waals surface area (Å²) >= 11 is 8.34. The third-order valence-electron chi connectivity index (χ3n) is 4.23. The molecule has 124 valence electrons. The van der Waals surface area contributed by atoms with Gasteiger partial charge >= 0.3 is 0 Å². The molecule has 0 fully saturated rings. The number of pyridine rings is 1. The number of aromatic amines is 1. The lowest BCUT2D eigenvalue weighted by Gasteiger charge is -2.18. The largest absolute Gasteiger partial charge is 0.346 e. The molecule has 0 spiro atoms. The van der Waals surface area contributed by atoms with Crippen molar-refractivity contribution >= 4 is 34.4 Å². The van der Waals surface area contributed by atoms with Crippen LogP contribution in [0.25, 0.3) is 11.0 Å². The van der Waals surface area contributed by atoms with Gasteiger partial charge in [0.1, 0.15) is 5.65 Å². The summed E-state index contributed by atoms with van der Waals surface area (Å²) in [6, 6.07) is 20.7. The minimum absolute atomic E-state index is 0.0920. The molecule has 1 atom stereocenters. The van der Waals surface area contributed by atoms with Crippen molar-refractivity contribution in [2.45, 2.75) is 17.1 Å². The maximum Gasteiger partial charge on any atom is 0.137 e. The molecule has 4 heteroatoms. The fourth-order valence-corrected chi connectivity index (χ4v) is 4.46. The van der Waals surface area contributed by atoms with E-state index in [4.69, 9.17) is 11.6 Å². The molecule has 0 aliphatic rings. The number of aryl methyl sites for hydroxylation is 1. The Kier molecular flexibility index (Phi) is 4.51. The Morgan fingerprint density at radius 2 is 1.76 bits per heavy atom. The number of thioether (sulfide) groups is 1. The normalized spacial score (nSPS) is 12.4. The maximum absolute atomic E-state index is 6.54. The van der Waals surface area contributed by atoms with Gasteiger partial charge in [0, 0.05) is 27.7 Å². The van der Waals surface area contributed by atoms with E-state index < -0.39 is 0 Å². The van der Waals surface area contributed by atoms with Gasteiger partial charge in [0.05, 0.1) is 5.25 Å². The Bertz CT molecular complexity index is 1010. The number of nitrogens with one attached hydrogen (secondary N) is 1. The molecule has 4 rings (SSSR count). The van der Waals surface area contributed by atoms with Crippen LogP contribution in [-0.2, 0) is 0 Å². The summed E-state index contributed by atoms with van der Waals surface area (Å²) in [4.78, 5) is 8.92. The van der Waals surface area contributed by atoms with E-state index in [1.807, 2.05) is 30.5 Å². The van der Waals surface area contributed by atoms with Crippen molar-refractivity contribution in [1.29, 1.82) is 0 Å². The lowest BCUT2D eigenvalue weighted by molar-refractivity contribution is 1.16. The van der Waals surface area contributed by atoms with Crippen LogP contribution in [0.15, 0.2) is 78.0 Å². The number of aromatic nitrogens is 2. The topological polar surface area (TPSA) is 28.7 Å². The van der Waals surface area contributed by atoms with Crippen molar-refractivity contribution in [3.05, 3.63) is 94.8 Å². The molecule has 0 saturated heterocycles. The maximum atomic E-state index is 6.54. The second-order valence-corrected chi connectivity index (χ2v) is 7.56. The Labute approximate surface area is 156 Å². The number of nitrogens with zero attached hydrogens (tertiary/aromatic N) is 1. The first-order valence-corrected chi connectivity index (χ1v) is 9.38. The number of rotatable bonds is 4. The molecule has 0 radical (unpaired) electrons. The van der Waals surface area contributed by atoms with Gasteiger partial charge in [-0.3, -0.25) is 0 Å². The van der Waals surface area contributed by atoms with E-state index in [1.54, 1.807) is 18.0 Å². The van der Waals surface area contributed by atoms with Crippen LogP contribution < -0.4 is 0 Å². The minimum Gasteiger partial charge on any atom is -0.346 e. The number of halogens is 1. The summed E-state index contributed by atoms with van der Waals surface area (Å²) in [5.41, 5.74) is 4.47. The van der Waals surface area contributed by atoms with Crippen molar-refractivity contribution in [2.75, 3.05) is 0 Å². The average molecular weight is 365 g/mol. The van der Waals surface area contributed by atoms with Gasteiger partial charge in [0.2, 0.25) is 0 Å². The van der Waals surface area contributed by atoms with E-state index in [2.05, 4.69) is 53.3 Å². The smallest absolute Gasteiger partial charge is 0.137 e. The van der Waals surface area contributed by atoms with Gasteiger partial charge < -0.3 is 4.98 Å². The molecule has 0 bridgehead atoms. The van der Waals surface area contributed by atoms with Crippen LogP contribution in [0.1, 0.15) is 21.9 Å². The second-order valence-electron chi connectivity index (χ2n) is 5.98. The van der Waals surface area contributed by atoms with Gasteiger partial charge in [-0.2, -0.15) is 0 Å². The van der Waals surface area contributed by atoms with E-state index in [1.165, 1.54) is 16.0 Å². The monoisotopic (exact) mass is 364 g/mol. The fraction of sp³-hybridized carbons (Fsp3) is 0.0952. The van der Waals surface area contributed by atoms with Gasteiger partial charge in [-0.15, -0.1) is 11.8 Å². The van der Waals surface area contributed by atoms with Gasteiger partial charge in [0.25, 0.3) is 0 Å². The molecule has 2 nitrogen and oxygen atoms in total. The minimum atomic E-state index is 0.0920. The highest BCUT2D eigenvalue weighted by molar-refractivity contribution is 7.99. The van der Waals surface area contributed by atoms with Crippen LogP contribution in [0.5, 0.6) is 0 Å². The number of benzene rings is 2. The molecular formula is C21H17ClN2S. The highest BCUT2D eigenvalue weighted by Gasteiger charge is 2.21. The summed E-state index contributed by atoms with van der Waals surface area (Å²) in [6.07, 6.45) is 3.85. The zero-order valence-electron chi connectivity index (χ0n) is 13.7. The van der Waals surface area contributed by atoms with Crippen molar-refractivity contribution in [3.8, 4) is 0 Å². The van der Waals surface area contributed by atoms with Crippen LogP contribution >= 0.6 is 23.4 Å². The number of hydrogen-bond donors (Lipinski definition) is 1. The summed E-state index contributed by atoms with van der Waals surface area (Å²) in [6.45, 7) is 2.10. The molecular weight excluding hydrogens is 348 g/mol. The van der Waals surface area contributed by atoms with E-state index in [9.17, 15) is 0 Å². The summed E-state index contributed by atoms with van der Waals surface area (Å²) in [5.74, 6) is 0. The van der Waals surface area contributed by atoms with Crippen molar-refractivity contribution in [3.63, 3.8) is 0 Å². The van der Waals surface area contributed by atoms with Crippen LogP contribution in [0.3, 0.4) is 0 Å². The van der Waals surface area contributed by atoms with Gasteiger partial charge in [-0.1, -0.05) is 47.5 Å². The molecule has 25 heavy (non-hydrogen) atoms. The fourth-order valence-electron chi connectivity index (χ4n) is 2.93. The standard InChI is InChI=1S/C21H17ClN2S/c1-14-8-10-15(11-9-14)25-20(17-5-2-3-7-19(17)22)18-13-24-21-16(18)6-4-12-23-21/h2-13,20H,1H3,(H,23,24). The third kappa shape index (κ3) is 3.30. The van der Waals surface area contributed by atoms with Crippen LogP contribution in [-0.4, -0.2) is 9.97 Å². The molecule has 0 aliphatic carbocycles. The van der Waals surface area contributed by atoms with E-state index in [0.717, 1.165) is 21.6 Å². The molecule has 2 aromatic carbocycles. The predicted molar refractivity (Wildman–Crippen MR) is 106 cm³/mol. The van der Waals surface area contributed by atoms with Gasteiger partial charge in [-0.05, 0) is 48.4 Å². The Morgan fingerprint density at radius 3 is 2.56 bits per heavy atom. The molecule has 2 aromatic heterocycles. The molecule has 4 aromatic rings. The number of hydrogen-bond acceptors (Lipinski definition) is 2. The van der Waals surface area contributed by atoms with Gasteiger partial charge in [0.15, 0.2) is 0 Å². The van der Waals surface area contributed by atoms with Gasteiger partial charge in [-0.25, -0.2) is 4.98 Å². The predicted octanol–water partition coefficient (Wildman–Crippen LogP) is 6.41. The van der Waals surface area contributed by atoms with Crippen molar-refractivity contribution in [1.82, 2.24) is 9.97 Å². The molecule has 2 heterocycles. The molecule has 0 amide bonds. The van der Waals surface area contributed by atoms with Crippen LogP contribution in [0.4, 0.5) is 0 Å². The molecule has 1 unspecified atom stereocenters. The summed E-state index contributed by atoms with van der Waals surface area (Å²) in [7, 11) is 0. The number of H-pyrrole nitrogens is 1. The summed E-state index contributed by atoms with van der Waals surface area (Å²) in [5, 5.41) is 2.01. The van der Waals surface area contributed by atoms with E-state index in [0.29, 0.717) is 0 Å². The van der Waals surface area contributed by atoms with Crippen molar-refractivity contribution in [2.24, 2.45) is 0 Å². The zero-order chi connectivity index (χ0) is 17.2. The number of fused-ring (bicyclic) bond motifs is 1.